The average Bonchev–Trinajstić information content (AvgIpc) is 2.03. The molecule has 1 atom stereocenters. The number of nitrogens with two attached hydrogens (primary N) is 2. The van der Waals surface area contributed by atoms with Gasteiger partial charge in [0.2, 0.25) is 0 Å². The van der Waals surface area contributed by atoms with Gasteiger partial charge in [-0.3, -0.25) is 15.8 Å². The second-order valence-electron chi connectivity index (χ2n) is 2.73. The summed E-state index contributed by atoms with van der Waals surface area (Å²) >= 11 is 0. The predicted molar refractivity (Wildman–Crippen MR) is 44.5 cm³/mol. The third-order valence-corrected chi connectivity index (χ3v) is 1.71. The molecule has 7 nitrogen and oxygen atoms in total. The fourth-order valence-corrected chi connectivity index (χ4v) is 0.815. The molecule has 0 aliphatic carbocycles. The molecule has 0 saturated carbocycles. The van der Waals surface area contributed by atoms with Gasteiger partial charge in [-0.1, -0.05) is 0 Å². The molecule has 0 aliphatic heterocycles. The summed E-state index contributed by atoms with van der Waals surface area (Å²) in [6.07, 6.45) is 0.660. The maximum atomic E-state index is 10.5. The van der Waals surface area contributed by atoms with Crippen LogP contribution in [0.3, 0.4) is 0 Å². The predicted octanol–water partition coefficient (Wildman–Crippen LogP) is -0.868. The summed E-state index contributed by atoms with van der Waals surface area (Å²) in [5.41, 5.74) is 7.87. The largest absolute Gasteiger partial charge is 0.475 e. The fourth-order valence-electron chi connectivity index (χ4n) is 0.815. The van der Waals surface area contributed by atoms with Crippen molar-refractivity contribution in [2.75, 3.05) is 6.54 Å². The van der Waals surface area contributed by atoms with Crippen LogP contribution in [0.15, 0.2) is 0 Å². The monoisotopic (exact) mass is 191 g/mol. The summed E-state index contributed by atoms with van der Waals surface area (Å²) in [6, 6.07) is 0. The van der Waals surface area contributed by atoms with E-state index < -0.39 is 16.6 Å². The number of unbranched alkanes of at least 4 members (excludes halogenated alkanes) is 1. The van der Waals surface area contributed by atoms with Gasteiger partial charge in [0.15, 0.2) is 0 Å². The van der Waals surface area contributed by atoms with Gasteiger partial charge in [0.1, 0.15) is 0 Å². The van der Waals surface area contributed by atoms with Crippen molar-refractivity contribution in [3.8, 4) is 0 Å². The van der Waals surface area contributed by atoms with Gasteiger partial charge in [-0.25, -0.2) is 4.79 Å². The van der Waals surface area contributed by atoms with Crippen LogP contribution in [0.25, 0.3) is 0 Å². The Morgan fingerprint density at radius 1 is 1.54 bits per heavy atom. The zero-order valence-corrected chi connectivity index (χ0v) is 7.10. The Hall–Kier alpha value is -1.21. The quantitative estimate of drug-likeness (QED) is 0.216. The van der Waals surface area contributed by atoms with Gasteiger partial charge in [0, 0.05) is 6.42 Å². The van der Waals surface area contributed by atoms with Gasteiger partial charge in [-0.2, -0.15) is 0 Å². The van der Waals surface area contributed by atoms with Crippen molar-refractivity contribution < 1.29 is 14.8 Å². The Labute approximate surface area is 74.9 Å². The first-order valence-electron chi connectivity index (χ1n) is 3.82. The number of rotatable bonds is 6. The van der Waals surface area contributed by atoms with Gasteiger partial charge >= 0.3 is 11.6 Å². The molecule has 0 aliphatic rings. The molecule has 0 radical (unpaired) electrons. The Kier molecular flexibility index (Phi) is 4.29. The van der Waals surface area contributed by atoms with Crippen LogP contribution in [0.5, 0.6) is 0 Å². The standard InChI is InChI=1S/C6H13N3O4/c7-4-2-1-3-6(8,5(10)11)9(12)13/h1-4,7-8H2,(H,10,11). The molecule has 0 rings (SSSR count). The van der Waals surface area contributed by atoms with Crippen LogP contribution in [0, 0.1) is 10.1 Å². The van der Waals surface area contributed by atoms with Gasteiger partial charge in [-0.05, 0) is 19.4 Å². The second-order valence-corrected chi connectivity index (χ2v) is 2.73. The molecule has 7 heteroatoms. The smallest absolute Gasteiger partial charge is 0.398 e. The lowest BCUT2D eigenvalue weighted by molar-refractivity contribution is -0.555. The number of hydrogen-bond acceptors (Lipinski definition) is 5. The molecular weight excluding hydrogens is 178 g/mol. The van der Waals surface area contributed by atoms with Crippen molar-refractivity contribution in [2.24, 2.45) is 11.5 Å². The van der Waals surface area contributed by atoms with Crippen LogP contribution in [0.4, 0.5) is 0 Å². The third kappa shape index (κ3) is 2.96. The lowest BCUT2D eigenvalue weighted by atomic mass is 10.0. The topological polar surface area (TPSA) is 132 Å². The highest BCUT2D eigenvalue weighted by atomic mass is 16.6. The lowest BCUT2D eigenvalue weighted by Crippen LogP contribution is -2.54. The highest BCUT2D eigenvalue weighted by Gasteiger charge is 2.46. The second kappa shape index (κ2) is 4.73. The number of carbonyl (C=O) groups is 1. The third-order valence-electron chi connectivity index (χ3n) is 1.71. The summed E-state index contributed by atoms with van der Waals surface area (Å²) < 4.78 is 0. The van der Waals surface area contributed by atoms with E-state index in [0.717, 1.165) is 0 Å². The van der Waals surface area contributed by atoms with Crippen molar-refractivity contribution in [3.05, 3.63) is 10.1 Å². The number of carboxylic acids is 1. The molecular formula is C6H13N3O4. The minimum atomic E-state index is -2.37. The van der Waals surface area contributed by atoms with E-state index in [1.807, 2.05) is 0 Å². The van der Waals surface area contributed by atoms with Crippen LogP contribution >= 0.6 is 0 Å². The van der Waals surface area contributed by atoms with E-state index in [4.69, 9.17) is 16.6 Å². The molecule has 0 aromatic heterocycles. The van der Waals surface area contributed by atoms with E-state index in [1.165, 1.54) is 0 Å². The zero-order chi connectivity index (χ0) is 10.5. The Morgan fingerprint density at radius 2 is 2.08 bits per heavy atom. The van der Waals surface area contributed by atoms with Crippen molar-refractivity contribution in [2.45, 2.75) is 24.9 Å². The molecule has 13 heavy (non-hydrogen) atoms. The molecule has 0 aromatic carbocycles. The Balaban J connectivity index is 4.26. The Morgan fingerprint density at radius 3 is 2.38 bits per heavy atom. The average molecular weight is 191 g/mol. The number of aliphatic carboxylic acids is 1. The summed E-state index contributed by atoms with van der Waals surface area (Å²) in [5, 5.41) is 18.8. The van der Waals surface area contributed by atoms with Crippen LogP contribution in [0.1, 0.15) is 19.3 Å². The summed E-state index contributed by atoms with van der Waals surface area (Å²) in [4.78, 5) is 19.8. The van der Waals surface area contributed by atoms with Crippen LogP contribution in [-0.2, 0) is 4.79 Å². The lowest BCUT2D eigenvalue weighted by Gasteiger charge is -2.14. The molecule has 0 spiro atoms. The summed E-state index contributed by atoms with van der Waals surface area (Å²) in [6.45, 7) is 0.368. The van der Waals surface area contributed by atoms with Crippen LogP contribution < -0.4 is 11.5 Å². The van der Waals surface area contributed by atoms with Gasteiger partial charge in [0.25, 0.3) is 0 Å². The van der Waals surface area contributed by atoms with Gasteiger partial charge in [-0.15, -0.1) is 0 Å². The Bertz CT molecular complexity index is 192. The molecule has 0 amide bonds. The van der Waals surface area contributed by atoms with Crippen LogP contribution in [-0.4, -0.2) is 28.2 Å². The molecule has 0 heterocycles. The van der Waals surface area contributed by atoms with Gasteiger partial charge in [0.05, 0.1) is 4.92 Å². The van der Waals surface area contributed by atoms with E-state index in [9.17, 15) is 14.9 Å². The molecule has 0 aromatic rings. The first kappa shape index (κ1) is 11.8. The maximum absolute atomic E-state index is 10.5. The van der Waals surface area contributed by atoms with E-state index in [-0.39, 0.29) is 6.42 Å². The molecule has 0 fully saturated rings. The minimum Gasteiger partial charge on any atom is -0.475 e. The van der Waals surface area contributed by atoms with Crippen LogP contribution in [0.2, 0.25) is 0 Å². The van der Waals surface area contributed by atoms with Gasteiger partial charge < -0.3 is 10.8 Å². The van der Waals surface area contributed by atoms with E-state index in [0.29, 0.717) is 19.4 Å². The number of nitrogens with zero attached hydrogens (tertiary/aromatic N) is 1. The van der Waals surface area contributed by atoms with E-state index >= 15 is 0 Å². The minimum absolute atomic E-state index is 0.202. The van der Waals surface area contributed by atoms with Crippen molar-refractivity contribution >= 4 is 5.97 Å². The number of carboxylic acid groups (broad SMARTS) is 1. The fraction of sp³-hybridized carbons (Fsp3) is 0.833. The molecule has 1 unspecified atom stereocenters. The first-order chi connectivity index (χ1) is 5.95. The highest BCUT2D eigenvalue weighted by Crippen LogP contribution is 2.12. The van der Waals surface area contributed by atoms with Crippen molar-refractivity contribution in [1.29, 1.82) is 0 Å². The number of nitro groups is 1. The van der Waals surface area contributed by atoms with E-state index in [2.05, 4.69) is 0 Å². The van der Waals surface area contributed by atoms with E-state index in [1.54, 1.807) is 0 Å². The zero-order valence-electron chi connectivity index (χ0n) is 7.10. The SMILES string of the molecule is NCCCCC(N)(C(=O)O)[N+](=O)[O-]. The normalized spacial score (nSPS) is 14.9. The summed E-state index contributed by atoms with van der Waals surface area (Å²) in [7, 11) is 0. The molecule has 76 valence electrons. The molecule has 0 saturated heterocycles. The number of hydrogen-bond donors (Lipinski definition) is 3. The molecule has 5 N–H and O–H groups in total. The first-order valence-corrected chi connectivity index (χ1v) is 3.82. The maximum Gasteiger partial charge on any atom is 0.398 e. The van der Waals surface area contributed by atoms with Crippen molar-refractivity contribution in [3.63, 3.8) is 0 Å². The molecule has 0 bridgehead atoms. The van der Waals surface area contributed by atoms with Crippen molar-refractivity contribution in [1.82, 2.24) is 0 Å². The summed E-state index contributed by atoms with van der Waals surface area (Å²) in [5.74, 6) is -1.62. The highest BCUT2D eigenvalue weighted by molar-refractivity contribution is 5.76.